The van der Waals surface area contributed by atoms with Gasteiger partial charge in [-0.2, -0.15) is 4.31 Å². The molecule has 126 valence electrons. The van der Waals surface area contributed by atoms with Gasteiger partial charge in [-0.05, 0) is 44.0 Å². The fraction of sp³-hybridized carbons (Fsp3) is 0.571. The zero-order chi connectivity index (χ0) is 15.6. The molecular formula is C14H21Cl2FN2O2S. The summed E-state index contributed by atoms with van der Waals surface area (Å²) in [6.45, 7) is 5.34. The van der Waals surface area contributed by atoms with Crippen LogP contribution in [0.5, 0.6) is 0 Å². The Morgan fingerprint density at radius 3 is 2.68 bits per heavy atom. The molecule has 1 aromatic rings. The van der Waals surface area contributed by atoms with Gasteiger partial charge in [-0.1, -0.05) is 18.5 Å². The first-order valence-electron chi connectivity index (χ1n) is 7.06. The molecule has 4 nitrogen and oxygen atoms in total. The maximum absolute atomic E-state index is 13.5. The monoisotopic (exact) mass is 370 g/mol. The number of benzene rings is 1. The molecule has 22 heavy (non-hydrogen) atoms. The Hall–Kier alpha value is -0.400. The van der Waals surface area contributed by atoms with Crippen LogP contribution in [-0.4, -0.2) is 38.4 Å². The molecular weight excluding hydrogens is 350 g/mol. The summed E-state index contributed by atoms with van der Waals surface area (Å²) in [7, 11) is -3.72. The summed E-state index contributed by atoms with van der Waals surface area (Å²) in [6, 6.07) is 2.31. The average Bonchev–Trinajstić information content (AvgIpc) is 2.93. The second-order valence-electron chi connectivity index (χ2n) is 5.29. The van der Waals surface area contributed by atoms with Crippen molar-refractivity contribution in [3.63, 3.8) is 0 Å². The molecule has 0 aliphatic carbocycles. The maximum atomic E-state index is 13.5. The molecule has 0 radical (unpaired) electrons. The maximum Gasteiger partial charge on any atom is 0.244 e. The predicted molar refractivity (Wildman–Crippen MR) is 88.9 cm³/mol. The van der Waals surface area contributed by atoms with Crippen molar-refractivity contribution in [1.82, 2.24) is 9.62 Å². The highest BCUT2D eigenvalue weighted by Crippen LogP contribution is 2.29. The minimum Gasteiger partial charge on any atom is -0.315 e. The highest BCUT2D eigenvalue weighted by atomic mass is 35.5. The Bertz CT molecular complexity index is 620. The largest absolute Gasteiger partial charge is 0.315 e. The van der Waals surface area contributed by atoms with E-state index in [2.05, 4.69) is 5.32 Å². The number of nitrogens with zero attached hydrogens (tertiary/aromatic N) is 1. The number of hydrogen-bond acceptors (Lipinski definition) is 3. The summed E-state index contributed by atoms with van der Waals surface area (Å²) in [5.41, 5.74) is 0.277. The van der Waals surface area contributed by atoms with E-state index in [-0.39, 0.29) is 33.9 Å². The fourth-order valence-electron chi connectivity index (χ4n) is 2.56. The molecule has 8 heteroatoms. The van der Waals surface area contributed by atoms with Crippen molar-refractivity contribution in [2.24, 2.45) is 0 Å². The number of rotatable bonds is 5. The van der Waals surface area contributed by atoms with E-state index in [0.717, 1.165) is 19.0 Å². The van der Waals surface area contributed by atoms with Gasteiger partial charge in [0.25, 0.3) is 0 Å². The van der Waals surface area contributed by atoms with Gasteiger partial charge in [-0.15, -0.1) is 12.4 Å². The number of hydrogen-bond donors (Lipinski definition) is 1. The van der Waals surface area contributed by atoms with Crippen LogP contribution in [0.4, 0.5) is 4.39 Å². The number of sulfonamides is 1. The first kappa shape index (κ1) is 19.6. The summed E-state index contributed by atoms with van der Waals surface area (Å²) >= 11 is 5.98. The van der Waals surface area contributed by atoms with Gasteiger partial charge in [-0.3, -0.25) is 0 Å². The number of nitrogens with one attached hydrogen (secondary N) is 1. The van der Waals surface area contributed by atoms with Gasteiger partial charge in [0.05, 0.1) is 5.02 Å². The van der Waals surface area contributed by atoms with E-state index in [0.29, 0.717) is 19.5 Å². The van der Waals surface area contributed by atoms with Gasteiger partial charge in [0.15, 0.2) is 0 Å². The molecule has 1 N–H and O–H groups in total. The third-order valence-corrected chi connectivity index (χ3v) is 6.10. The molecule has 1 unspecified atom stereocenters. The molecule has 1 saturated heterocycles. The van der Waals surface area contributed by atoms with Crippen LogP contribution in [0.25, 0.3) is 0 Å². The third kappa shape index (κ3) is 3.92. The average molecular weight is 371 g/mol. The van der Waals surface area contributed by atoms with Gasteiger partial charge < -0.3 is 5.32 Å². The van der Waals surface area contributed by atoms with E-state index >= 15 is 0 Å². The Morgan fingerprint density at radius 1 is 1.45 bits per heavy atom. The molecule has 2 rings (SSSR count). The highest BCUT2D eigenvalue weighted by Gasteiger charge is 2.34. The smallest absolute Gasteiger partial charge is 0.244 e. The van der Waals surface area contributed by atoms with Crippen LogP contribution in [0.3, 0.4) is 0 Å². The molecule has 1 aliphatic rings. The minimum absolute atomic E-state index is 0. The first-order valence-corrected chi connectivity index (χ1v) is 8.88. The van der Waals surface area contributed by atoms with Crippen LogP contribution in [0, 0.1) is 12.7 Å². The summed E-state index contributed by atoms with van der Waals surface area (Å²) < 4.78 is 40.8. The Morgan fingerprint density at radius 2 is 2.14 bits per heavy atom. The van der Waals surface area contributed by atoms with E-state index in [9.17, 15) is 12.8 Å². The quantitative estimate of drug-likeness (QED) is 0.866. The Kier molecular flexibility index (Phi) is 7.08. The summed E-state index contributed by atoms with van der Waals surface area (Å²) in [4.78, 5) is -0.0107. The van der Waals surface area contributed by atoms with E-state index in [1.807, 2.05) is 6.92 Å². The van der Waals surface area contributed by atoms with Gasteiger partial charge >= 0.3 is 0 Å². The lowest BCUT2D eigenvalue weighted by Crippen LogP contribution is -2.42. The normalized spacial score (nSPS) is 18.5. The van der Waals surface area contributed by atoms with Gasteiger partial charge in [0.2, 0.25) is 10.0 Å². The lowest BCUT2D eigenvalue weighted by Gasteiger charge is -2.27. The van der Waals surface area contributed by atoms with E-state index < -0.39 is 15.8 Å². The van der Waals surface area contributed by atoms with Crippen LogP contribution in [0.2, 0.25) is 5.02 Å². The zero-order valence-electron chi connectivity index (χ0n) is 12.6. The number of aryl methyl sites for hydroxylation is 1. The van der Waals surface area contributed by atoms with Crippen molar-refractivity contribution in [2.75, 3.05) is 19.6 Å². The van der Waals surface area contributed by atoms with Gasteiger partial charge in [0.1, 0.15) is 10.7 Å². The van der Waals surface area contributed by atoms with Gasteiger partial charge in [0, 0.05) is 19.1 Å². The molecule has 0 amide bonds. The van der Waals surface area contributed by atoms with Crippen molar-refractivity contribution in [2.45, 2.75) is 37.6 Å². The summed E-state index contributed by atoms with van der Waals surface area (Å²) in [6.07, 6.45) is 1.49. The van der Waals surface area contributed by atoms with Crippen molar-refractivity contribution >= 4 is 34.0 Å². The molecule has 1 atom stereocenters. The van der Waals surface area contributed by atoms with Crippen molar-refractivity contribution in [3.05, 3.63) is 28.5 Å². The lowest BCUT2D eigenvalue weighted by atomic mass is 10.2. The molecule has 1 fully saturated rings. The van der Waals surface area contributed by atoms with Crippen molar-refractivity contribution < 1.29 is 12.8 Å². The fourth-order valence-corrected chi connectivity index (χ4v) is 4.88. The number of halogens is 3. The van der Waals surface area contributed by atoms with Crippen molar-refractivity contribution in [1.29, 1.82) is 0 Å². The van der Waals surface area contributed by atoms with Crippen LogP contribution in [0.15, 0.2) is 17.0 Å². The van der Waals surface area contributed by atoms with E-state index in [4.69, 9.17) is 11.6 Å². The summed E-state index contributed by atoms with van der Waals surface area (Å²) in [5, 5.41) is 3.11. The van der Waals surface area contributed by atoms with Crippen LogP contribution < -0.4 is 5.32 Å². The molecule has 1 heterocycles. The highest BCUT2D eigenvalue weighted by molar-refractivity contribution is 7.89. The first-order chi connectivity index (χ1) is 9.87. The molecule has 0 spiro atoms. The standard InChI is InChI=1S/C14H20ClFN2O2S.ClH/c1-3-6-18(11-4-5-17-9-11)21(19,20)14-7-10(2)13(16)8-12(14)15;/h7-8,11,17H,3-6,9H2,1-2H3;1H. The third-order valence-electron chi connectivity index (χ3n) is 3.69. The lowest BCUT2D eigenvalue weighted by molar-refractivity contribution is 0.335. The topological polar surface area (TPSA) is 49.4 Å². The second-order valence-corrected chi connectivity index (χ2v) is 7.56. The molecule has 1 aromatic carbocycles. The Balaban J connectivity index is 0.00000242. The molecule has 0 aromatic heterocycles. The zero-order valence-corrected chi connectivity index (χ0v) is 15.0. The van der Waals surface area contributed by atoms with E-state index in [1.165, 1.54) is 17.3 Å². The Labute approximate surface area is 142 Å². The van der Waals surface area contributed by atoms with Crippen LogP contribution in [-0.2, 0) is 10.0 Å². The minimum atomic E-state index is -3.72. The molecule has 0 bridgehead atoms. The SMILES string of the molecule is CCCN(C1CCNC1)S(=O)(=O)c1cc(C)c(F)cc1Cl.Cl. The predicted octanol–water partition coefficient (Wildman–Crippen LogP) is 2.97. The summed E-state index contributed by atoms with van der Waals surface area (Å²) in [5.74, 6) is -0.497. The van der Waals surface area contributed by atoms with E-state index in [1.54, 1.807) is 0 Å². The second kappa shape index (κ2) is 7.93. The van der Waals surface area contributed by atoms with Gasteiger partial charge in [-0.25, -0.2) is 12.8 Å². The van der Waals surface area contributed by atoms with Crippen LogP contribution >= 0.6 is 24.0 Å². The molecule has 0 saturated carbocycles. The van der Waals surface area contributed by atoms with Crippen LogP contribution in [0.1, 0.15) is 25.3 Å². The van der Waals surface area contributed by atoms with Crippen molar-refractivity contribution in [3.8, 4) is 0 Å². The molecule has 1 aliphatic heterocycles.